The van der Waals surface area contributed by atoms with Gasteiger partial charge in [0.2, 0.25) is 6.79 Å². The molecule has 3 heterocycles. The molecular weight excluding hydrogens is 350 g/mol. The number of ether oxygens (including phenoxy) is 4. The maximum Gasteiger partial charge on any atom is 0.231 e. The van der Waals surface area contributed by atoms with Gasteiger partial charge in [-0.2, -0.15) is 0 Å². The van der Waals surface area contributed by atoms with E-state index in [2.05, 4.69) is 0 Å². The number of likely N-dealkylation sites (N-methyl/N-ethyl adjacent to an activating group) is 1. The minimum atomic E-state index is -1.02. The van der Waals surface area contributed by atoms with E-state index in [0.717, 1.165) is 16.7 Å². The second kappa shape index (κ2) is 4.74. The minimum absolute atomic E-state index is 0.0108. The summed E-state index contributed by atoms with van der Waals surface area (Å²) in [7, 11) is 3.41. The highest BCUT2D eigenvalue weighted by Crippen LogP contribution is 2.63. The first-order valence-electron chi connectivity index (χ1n) is 8.83. The molecule has 27 heavy (non-hydrogen) atoms. The van der Waals surface area contributed by atoms with Crippen molar-refractivity contribution in [2.45, 2.75) is 24.3 Å². The zero-order valence-corrected chi connectivity index (χ0v) is 14.8. The van der Waals surface area contributed by atoms with E-state index in [-0.39, 0.29) is 24.6 Å². The van der Waals surface area contributed by atoms with Gasteiger partial charge in [0.05, 0.1) is 12.7 Å². The van der Waals surface area contributed by atoms with Crippen molar-refractivity contribution in [3.8, 4) is 23.0 Å². The first-order valence-corrected chi connectivity index (χ1v) is 8.83. The highest BCUT2D eigenvalue weighted by Gasteiger charge is 2.67. The molecule has 7 nitrogen and oxygen atoms in total. The maximum absolute atomic E-state index is 13.8. The van der Waals surface area contributed by atoms with Gasteiger partial charge in [-0.25, -0.2) is 0 Å². The molecule has 3 aliphatic heterocycles. The number of rotatable bonds is 1. The van der Waals surface area contributed by atoms with Crippen molar-refractivity contribution in [3.05, 3.63) is 46.5 Å². The van der Waals surface area contributed by atoms with E-state index in [1.165, 1.54) is 7.11 Å². The fourth-order valence-electron chi connectivity index (χ4n) is 5.09. The van der Waals surface area contributed by atoms with Crippen LogP contribution in [0.2, 0.25) is 0 Å². The number of ketones is 1. The van der Waals surface area contributed by atoms with Crippen molar-refractivity contribution in [3.63, 3.8) is 0 Å². The Kier molecular flexibility index (Phi) is 2.68. The van der Waals surface area contributed by atoms with Crippen molar-refractivity contribution in [1.82, 2.24) is 4.90 Å². The number of benzene rings is 2. The number of methoxy groups -OCH3 is 1. The quantitative estimate of drug-likeness (QED) is 0.827. The Bertz CT molecular complexity index is 1030. The number of fused-ring (bicyclic) bond motifs is 6. The third kappa shape index (κ3) is 1.55. The van der Waals surface area contributed by atoms with Gasteiger partial charge in [0.15, 0.2) is 28.8 Å². The molecule has 0 amide bonds. The van der Waals surface area contributed by atoms with Gasteiger partial charge in [-0.1, -0.05) is 6.07 Å². The number of carbonyl (C=O) groups excluding carboxylic acids is 1. The lowest BCUT2D eigenvalue weighted by Crippen LogP contribution is -2.52. The average molecular weight is 367 g/mol. The molecule has 2 aromatic rings. The summed E-state index contributed by atoms with van der Waals surface area (Å²) in [5, 5.41) is 10.4. The first-order chi connectivity index (χ1) is 13.1. The molecule has 4 aliphatic rings. The molecule has 0 saturated carbocycles. The second-order valence-electron chi connectivity index (χ2n) is 7.33. The molecule has 1 aliphatic carbocycles. The van der Waals surface area contributed by atoms with Crippen LogP contribution in [0, 0.1) is 0 Å². The highest BCUT2D eigenvalue weighted by molar-refractivity contribution is 6.12. The molecular formula is C20H17NO6. The fraction of sp³-hybridized carbons (Fsp3) is 0.350. The van der Waals surface area contributed by atoms with Crippen LogP contribution in [-0.2, 0) is 16.7 Å². The van der Waals surface area contributed by atoms with E-state index >= 15 is 0 Å². The zero-order chi connectivity index (χ0) is 18.5. The number of hydrogen-bond donors (Lipinski definition) is 1. The lowest BCUT2D eigenvalue weighted by Gasteiger charge is -2.40. The third-order valence-electron chi connectivity index (χ3n) is 6.30. The van der Waals surface area contributed by atoms with Gasteiger partial charge in [0.1, 0.15) is 17.9 Å². The lowest BCUT2D eigenvalue weighted by molar-refractivity contribution is 0.00687. The van der Waals surface area contributed by atoms with Gasteiger partial charge in [0, 0.05) is 6.42 Å². The molecule has 1 unspecified atom stereocenters. The Morgan fingerprint density at radius 1 is 1.30 bits per heavy atom. The van der Waals surface area contributed by atoms with Crippen molar-refractivity contribution in [1.29, 1.82) is 0 Å². The summed E-state index contributed by atoms with van der Waals surface area (Å²) in [5.74, 6) is 1.38. The van der Waals surface area contributed by atoms with Crippen molar-refractivity contribution < 1.29 is 28.8 Å². The van der Waals surface area contributed by atoms with Crippen LogP contribution in [0.25, 0.3) is 0 Å². The van der Waals surface area contributed by atoms with E-state index < -0.39 is 11.6 Å². The van der Waals surface area contributed by atoms with Gasteiger partial charge in [-0.15, -0.1) is 0 Å². The van der Waals surface area contributed by atoms with Crippen LogP contribution in [0.4, 0.5) is 0 Å². The number of phenols is 1. The molecule has 2 aromatic carbocycles. The molecule has 1 N–H and O–H groups in total. The monoisotopic (exact) mass is 367 g/mol. The van der Waals surface area contributed by atoms with Crippen molar-refractivity contribution in [2.75, 3.05) is 21.0 Å². The smallest absolute Gasteiger partial charge is 0.231 e. The van der Waals surface area contributed by atoms with E-state index in [4.69, 9.17) is 18.9 Å². The summed E-state index contributed by atoms with van der Waals surface area (Å²) in [5.41, 5.74) is 2.01. The minimum Gasteiger partial charge on any atom is -0.504 e. The number of aromatic hydroxyl groups is 1. The fourth-order valence-corrected chi connectivity index (χ4v) is 5.09. The second-order valence-corrected chi connectivity index (χ2v) is 7.33. The van der Waals surface area contributed by atoms with Gasteiger partial charge >= 0.3 is 0 Å². The van der Waals surface area contributed by atoms with Gasteiger partial charge in [0.25, 0.3) is 0 Å². The molecule has 138 valence electrons. The Morgan fingerprint density at radius 3 is 2.96 bits per heavy atom. The normalized spacial score (nSPS) is 29.5. The summed E-state index contributed by atoms with van der Waals surface area (Å²) in [4.78, 5) is 15.8. The Balaban J connectivity index is 1.65. The molecule has 6 rings (SSSR count). The largest absolute Gasteiger partial charge is 0.504 e. The standard InChI is InChI=1S/C20H17NO6/c1-21-15-6-9-5-14(24-2)12(22)7-11(9)20(21)18(23)16-10(19(20)27-15)3-4-13-17(16)26-8-25-13/h3-5,7,15,19,22H,6,8H2,1-2H3/t15?,19-,20+/m1/s1. The number of phenolic OH excluding ortho intramolecular Hbond substituents is 1. The molecule has 1 saturated heterocycles. The van der Waals surface area contributed by atoms with E-state index in [9.17, 15) is 9.90 Å². The molecule has 0 radical (unpaired) electrons. The predicted molar refractivity (Wildman–Crippen MR) is 92.3 cm³/mol. The maximum atomic E-state index is 13.8. The number of hydrogen-bond acceptors (Lipinski definition) is 7. The lowest BCUT2D eigenvalue weighted by atomic mass is 9.77. The summed E-state index contributed by atoms with van der Waals surface area (Å²) >= 11 is 0. The number of nitrogens with zero attached hydrogens (tertiary/aromatic N) is 1. The van der Waals surface area contributed by atoms with Gasteiger partial charge in [-0.05, 0) is 41.9 Å². The van der Waals surface area contributed by atoms with Crippen LogP contribution in [0.1, 0.15) is 33.2 Å². The van der Waals surface area contributed by atoms with E-state index in [1.54, 1.807) is 12.1 Å². The van der Waals surface area contributed by atoms with Crippen LogP contribution in [0.3, 0.4) is 0 Å². The van der Waals surface area contributed by atoms with Gasteiger partial charge < -0.3 is 24.1 Å². The molecule has 1 fully saturated rings. The summed E-state index contributed by atoms with van der Waals surface area (Å²) in [6, 6.07) is 7.16. The first kappa shape index (κ1) is 15.3. The molecule has 1 spiro atoms. The van der Waals surface area contributed by atoms with Crippen LogP contribution >= 0.6 is 0 Å². The zero-order valence-electron chi connectivity index (χ0n) is 14.8. The highest BCUT2D eigenvalue weighted by atomic mass is 16.7. The van der Waals surface area contributed by atoms with Crippen LogP contribution < -0.4 is 14.2 Å². The van der Waals surface area contributed by atoms with Crippen LogP contribution in [0.15, 0.2) is 24.3 Å². The Hall–Kier alpha value is -2.77. The number of Topliss-reactive ketones (excluding diaryl/α,β-unsaturated/α-hetero) is 1. The Morgan fingerprint density at radius 2 is 2.15 bits per heavy atom. The summed E-state index contributed by atoms with van der Waals surface area (Å²) in [6.07, 6.45) is -0.0636. The van der Waals surface area contributed by atoms with Gasteiger partial charge in [-0.3, -0.25) is 9.69 Å². The number of carbonyl (C=O) groups is 1. The van der Waals surface area contributed by atoms with Crippen molar-refractivity contribution >= 4 is 5.78 Å². The topological polar surface area (TPSA) is 77.5 Å². The molecule has 2 bridgehead atoms. The van der Waals surface area contributed by atoms with Crippen LogP contribution in [0.5, 0.6) is 23.0 Å². The van der Waals surface area contributed by atoms with Crippen LogP contribution in [-0.4, -0.2) is 43.0 Å². The molecule has 0 aromatic heterocycles. The van der Waals surface area contributed by atoms with E-state index in [1.807, 2.05) is 24.1 Å². The SMILES string of the molecule is COc1cc2c(cc1O)[C@]13C(=O)c4c(ccc5c4OCO5)[C@H]1OC(C2)N3C. The molecule has 3 atom stereocenters. The summed E-state index contributed by atoms with van der Waals surface area (Å²) in [6.45, 7) is 0.102. The Labute approximate surface area is 155 Å². The average Bonchev–Trinajstić information content (AvgIpc) is 3.27. The van der Waals surface area contributed by atoms with Crippen molar-refractivity contribution in [2.24, 2.45) is 0 Å². The third-order valence-corrected chi connectivity index (χ3v) is 6.30. The van der Waals surface area contributed by atoms with E-state index in [0.29, 0.717) is 29.2 Å². The predicted octanol–water partition coefficient (Wildman–Crippen LogP) is 2.11. The molecule has 7 heteroatoms. The summed E-state index contributed by atoms with van der Waals surface area (Å²) < 4.78 is 22.7.